The number of rotatable bonds is 1. The van der Waals surface area contributed by atoms with E-state index in [0.29, 0.717) is 0 Å². The highest BCUT2D eigenvalue weighted by atomic mass is 14.0. The summed E-state index contributed by atoms with van der Waals surface area (Å²) in [6.07, 6.45) is 8.62. The second-order valence-electron chi connectivity index (χ2n) is 2.46. The van der Waals surface area contributed by atoms with E-state index in [0.717, 1.165) is 0 Å². The Kier molecular flexibility index (Phi) is 1.88. The molecule has 0 unspecified atom stereocenters. The SMILES string of the molecule is C=CC1=CC=C(C)CC1. The van der Waals surface area contributed by atoms with Crippen LogP contribution in [0.1, 0.15) is 19.8 Å². The largest absolute Gasteiger partial charge is 0.0988 e. The average molecular weight is 120 g/mol. The van der Waals surface area contributed by atoms with Crippen LogP contribution in [0.2, 0.25) is 0 Å². The molecule has 0 heteroatoms. The summed E-state index contributed by atoms with van der Waals surface area (Å²) in [5, 5.41) is 0. The summed E-state index contributed by atoms with van der Waals surface area (Å²) in [6, 6.07) is 0. The molecule has 9 heavy (non-hydrogen) atoms. The Labute approximate surface area is 56.6 Å². The molecule has 1 rings (SSSR count). The second kappa shape index (κ2) is 2.67. The number of hydrogen-bond acceptors (Lipinski definition) is 0. The fraction of sp³-hybridized carbons (Fsp3) is 0.333. The van der Waals surface area contributed by atoms with Crippen molar-refractivity contribution in [3.8, 4) is 0 Å². The summed E-state index contributed by atoms with van der Waals surface area (Å²) >= 11 is 0. The van der Waals surface area contributed by atoms with Crippen LogP contribution in [0.5, 0.6) is 0 Å². The van der Waals surface area contributed by atoms with Crippen LogP contribution in [-0.2, 0) is 0 Å². The minimum absolute atomic E-state index is 1.17. The third-order valence-corrected chi connectivity index (χ3v) is 1.65. The summed E-state index contributed by atoms with van der Waals surface area (Å²) < 4.78 is 0. The maximum atomic E-state index is 3.71. The number of allylic oxidation sites excluding steroid dienone is 5. The molecule has 1 aliphatic rings. The number of hydrogen-bond donors (Lipinski definition) is 0. The van der Waals surface area contributed by atoms with Crippen molar-refractivity contribution < 1.29 is 0 Å². The molecule has 1 aliphatic carbocycles. The zero-order chi connectivity index (χ0) is 6.69. The summed E-state index contributed by atoms with van der Waals surface area (Å²) in [4.78, 5) is 0. The fourth-order valence-electron chi connectivity index (χ4n) is 0.928. The molecular weight excluding hydrogens is 108 g/mol. The van der Waals surface area contributed by atoms with Crippen molar-refractivity contribution in [3.05, 3.63) is 36.0 Å². The van der Waals surface area contributed by atoms with Crippen molar-refractivity contribution in [2.45, 2.75) is 19.8 Å². The van der Waals surface area contributed by atoms with Gasteiger partial charge in [0.25, 0.3) is 0 Å². The molecule has 0 radical (unpaired) electrons. The maximum Gasteiger partial charge on any atom is -0.0242 e. The molecule has 0 aromatic carbocycles. The molecule has 0 aliphatic heterocycles. The molecule has 0 heterocycles. The van der Waals surface area contributed by atoms with Crippen LogP contribution in [0, 0.1) is 0 Å². The molecule has 0 aromatic heterocycles. The van der Waals surface area contributed by atoms with Gasteiger partial charge in [0, 0.05) is 0 Å². The highest BCUT2D eigenvalue weighted by molar-refractivity contribution is 5.28. The molecular formula is C9H12. The molecule has 0 saturated carbocycles. The second-order valence-corrected chi connectivity index (χ2v) is 2.46. The van der Waals surface area contributed by atoms with Gasteiger partial charge in [-0.1, -0.05) is 30.4 Å². The summed E-state index contributed by atoms with van der Waals surface area (Å²) in [5.74, 6) is 0. The minimum atomic E-state index is 1.17. The van der Waals surface area contributed by atoms with Crippen molar-refractivity contribution in [2.24, 2.45) is 0 Å². The van der Waals surface area contributed by atoms with E-state index in [2.05, 4.69) is 25.7 Å². The Morgan fingerprint density at radius 3 is 2.67 bits per heavy atom. The molecule has 0 fully saturated rings. The standard InChI is InChI=1S/C9H12/c1-3-9-6-4-8(2)5-7-9/h3-4,6H,1,5,7H2,2H3. The van der Waals surface area contributed by atoms with Crippen molar-refractivity contribution in [3.63, 3.8) is 0 Å². The molecule has 0 saturated heterocycles. The van der Waals surface area contributed by atoms with E-state index in [1.165, 1.54) is 24.0 Å². The smallest absolute Gasteiger partial charge is 0.0242 e. The van der Waals surface area contributed by atoms with Crippen molar-refractivity contribution >= 4 is 0 Å². The fourth-order valence-corrected chi connectivity index (χ4v) is 0.928. The molecule has 0 aromatic rings. The third-order valence-electron chi connectivity index (χ3n) is 1.65. The summed E-state index contributed by atoms with van der Waals surface area (Å²) in [7, 11) is 0. The molecule has 0 N–H and O–H groups in total. The molecule has 0 amide bonds. The quantitative estimate of drug-likeness (QED) is 0.499. The van der Waals surface area contributed by atoms with Crippen LogP contribution >= 0.6 is 0 Å². The van der Waals surface area contributed by atoms with Gasteiger partial charge < -0.3 is 0 Å². The van der Waals surface area contributed by atoms with Gasteiger partial charge in [0.05, 0.1) is 0 Å². The normalized spacial score (nSPS) is 18.3. The highest BCUT2D eigenvalue weighted by Gasteiger charge is 1.97. The maximum absolute atomic E-state index is 3.71. The first-order valence-electron chi connectivity index (χ1n) is 3.31. The molecule has 0 bridgehead atoms. The molecule has 48 valence electrons. The topological polar surface area (TPSA) is 0 Å². The zero-order valence-corrected chi connectivity index (χ0v) is 5.85. The van der Waals surface area contributed by atoms with E-state index in [4.69, 9.17) is 0 Å². The van der Waals surface area contributed by atoms with E-state index >= 15 is 0 Å². The minimum Gasteiger partial charge on any atom is -0.0988 e. The van der Waals surface area contributed by atoms with Crippen LogP contribution in [0.3, 0.4) is 0 Å². The highest BCUT2D eigenvalue weighted by Crippen LogP contribution is 2.17. The van der Waals surface area contributed by atoms with Gasteiger partial charge in [-0.15, -0.1) is 0 Å². The van der Waals surface area contributed by atoms with E-state index in [1.54, 1.807) is 0 Å². The lowest BCUT2D eigenvalue weighted by atomic mass is 10.00. The van der Waals surface area contributed by atoms with Crippen LogP contribution < -0.4 is 0 Å². The predicted octanol–water partition coefficient (Wildman–Crippen LogP) is 2.84. The van der Waals surface area contributed by atoms with Crippen molar-refractivity contribution in [2.75, 3.05) is 0 Å². The van der Waals surface area contributed by atoms with Gasteiger partial charge in [-0.2, -0.15) is 0 Å². The Morgan fingerprint density at radius 1 is 1.44 bits per heavy atom. The summed E-state index contributed by atoms with van der Waals surface area (Å²) in [6.45, 7) is 5.87. The molecule has 0 atom stereocenters. The zero-order valence-electron chi connectivity index (χ0n) is 5.85. The van der Waals surface area contributed by atoms with Gasteiger partial charge in [-0.3, -0.25) is 0 Å². The van der Waals surface area contributed by atoms with Gasteiger partial charge >= 0.3 is 0 Å². The Bertz CT molecular complexity index is 170. The van der Waals surface area contributed by atoms with E-state index in [9.17, 15) is 0 Å². The third kappa shape index (κ3) is 1.56. The monoisotopic (exact) mass is 120 g/mol. The van der Waals surface area contributed by atoms with Crippen LogP contribution in [0.4, 0.5) is 0 Å². The van der Waals surface area contributed by atoms with Crippen molar-refractivity contribution in [1.29, 1.82) is 0 Å². The van der Waals surface area contributed by atoms with Crippen LogP contribution in [0.25, 0.3) is 0 Å². The Hall–Kier alpha value is -0.780. The lowest BCUT2D eigenvalue weighted by Crippen LogP contribution is -1.86. The van der Waals surface area contributed by atoms with Gasteiger partial charge in [0.2, 0.25) is 0 Å². The van der Waals surface area contributed by atoms with Crippen LogP contribution in [-0.4, -0.2) is 0 Å². The Morgan fingerprint density at radius 2 is 2.22 bits per heavy atom. The van der Waals surface area contributed by atoms with E-state index in [-0.39, 0.29) is 0 Å². The first kappa shape index (κ1) is 6.34. The Balaban J connectivity index is 2.69. The lowest BCUT2D eigenvalue weighted by molar-refractivity contribution is 0.928. The lowest BCUT2D eigenvalue weighted by Gasteiger charge is -2.06. The summed E-state index contributed by atoms with van der Waals surface area (Å²) in [5.41, 5.74) is 2.83. The van der Waals surface area contributed by atoms with Gasteiger partial charge in [0.1, 0.15) is 0 Å². The van der Waals surface area contributed by atoms with E-state index < -0.39 is 0 Å². The molecule has 0 spiro atoms. The molecule has 0 nitrogen and oxygen atoms in total. The van der Waals surface area contributed by atoms with Gasteiger partial charge in [-0.25, -0.2) is 0 Å². The van der Waals surface area contributed by atoms with Gasteiger partial charge in [-0.05, 0) is 25.3 Å². The van der Waals surface area contributed by atoms with Crippen molar-refractivity contribution in [1.82, 2.24) is 0 Å². The van der Waals surface area contributed by atoms with E-state index in [1.807, 2.05) is 6.08 Å². The first-order chi connectivity index (χ1) is 4.33. The predicted molar refractivity (Wildman–Crippen MR) is 41.3 cm³/mol. The first-order valence-corrected chi connectivity index (χ1v) is 3.31. The van der Waals surface area contributed by atoms with Crippen LogP contribution in [0.15, 0.2) is 36.0 Å². The van der Waals surface area contributed by atoms with Gasteiger partial charge in [0.15, 0.2) is 0 Å². The average Bonchev–Trinajstić information content (AvgIpc) is 1.90.